The lowest BCUT2D eigenvalue weighted by Gasteiger charge is -2.36. The molecule has 1 saturated carbocycles. The van der Waals surface area contributed by atoms with E-state index in [0.29, 0.717) is 17.9 Å². The maximum absolute atomic E-state index is 11.8. The Bertz CT molecular complexity index is 227. The summed E-state index contributed by atoms with van der Waals surface area (Å²) in [7, 11) is 0. The lowest BCUT2D eigenvalue weighted by molar-refractivity contribution is -0.150. The zero-order valence-electron chi connectivity index (χ0n) is 11.2. The van der Waals surface area contributed by atoms with Gasteiger partial charge in [-0.3, -0.25) is 4.79 Å². The standard InChI is InChI=1S/C14H26O2/c1-5-9-16-13(15)11-7-6-8-12(10-11)14(2,3)4/h11-12H,5-10H2,1-4H3. The van der Waals surface area contributed by atoms with E-state index >= 15 is 0 Å². The van der Waals surface area contributed by atoms with Crippen LogP contribution in [0.1, 0.15) is 59.8 Å². The van der Waals surface area contributed by atoms with Crippen LogP contribution in [-0.2, 0) is 9.53 Å². The molecule has 1 rings (SSSR count). The first-order chi connectivity index (χ1) is 7.45. The van der Waals surface area contributed by atoms with Crippen molar-refractivity contribution in [1.82, 2.24) is 0 Å². The van der Waals surface area contributed by atoms with E-state index in [4.69, 9.17) is 4.74 Å². The second-order valence-corrected chi connectivity index (χ2v) is 6.09. The number of hydrogen-bond acceptors (Lipinski definition) is 2. The van der Waals surface area contributed by atoms with Gasteiger partial charge in [0.15, 0.2) is 0 Å². The topological polar surface area (TPSA) is 26.3 Å². The number of carbonyl (C=O) groups excluding carboxylic acids is 1. The fourth-order valence-corrected chi connectivity index (χ4v) is 2.51. The van der Waals surface area contributed by atoms with Crippen molar-refractivity contribution in [2.75, 3.05) is 6.61 Å². The molecule has 2 nitrogen and oxygen atoms in total. The van der Waals surface area contributed by atoms with Crippen molar-refractivity contribution in [2.45, 2.75) is 59.8 Å². The van der Waals surface area contributed by atoms with Crippen molar-refractivity contribution >= 4 is 5.97 Å². The van der Waals surface area contributed by atoms with Crippen molar-refractivity contribution in [3.63, 3.8) is 0 Å². The van der Waals surface area contributed by atoms with Crippen LogP contribution < -0.4 is 0 Å². The number of rotatable bonds is 3. The van der Waals surface area contributed by atoms with Crippen molar-refractivity contribution in [3.05, 3.63) is 0 Å². The molecule has 0 aromatic heterocycles. The molecule has 0 aromatic carbocycles. The lowest BCUT2D eigenvalue weighted by Crippen LogP contribution is -2.31. The van der Waals surface area contributed by atoms with Crippen LogP contribution in [0, 0.1) is 17.3 Å². The summed E-state index contributed by atoms with van der Waals surface area (Å²) in [4.78, 5) is 11.8. The van der Waals surface area contributed by atoms with E-state index in [2.05, 4.69) is 20.8 Å². The van der Waals surface area contributed by atoms with Crippen LogP contribution in [0.2, 0.25) is 0 Å². The third kappa shape index (κ3) is 3.80. The Balaban J connectivity index is 2.47. The maximum atomic E-state index is 11.8. The number of hydrogen-bond donors (Lipinski definition) is 0. The molecule has 0 aromatic rings. The zero-order chi connectivity index (χ0) is 12.2. The Morgan fingerprint density at radius 3 is 2.56 bits per heavy atom. The molecule has 0 heterocycles. The largest absolute Gasteiger partial charge is 0.465 e. The molecule has 0 bridgehead atoms. The van der Waals surface area contributed by atoms with E-state index in [1.54, 1.807) is 0 Å². The molecule has 0 aliphatic heterocycles. The van der Waals surface area contributed by atoms with Gasteiger partial charge in [-0.2, -0.15) is 0 Å². The summed E-state index contributed by atoms with van der Waals surface area (Å²) in [5.41, 5.74) is 0.323. The van der Waals surface area contributed by atoms with Crippen molar-refractivity contribution in [3.8, 4) is 0 Å². The minimum atomic E-state index is 0.0378. The van der Waals surface area contributed by atoms with Crippen molar-refractivity contribution in [2.24, 2.45) is 17.3 Å². The summed E-state index contributed by atoms with van der Waals surface area (Å²) in [5, 5.41) is 0. The van der Waals surface area contributed by atoms with Crippen LogP contribution in [0.3, 0.4) is 0 Å². The zero-order valence-corrected chi connectivity index (χ0v) is 11.2. The second kappa shape index (κ2) is 5.70. The highest BCUT2D eigenvalue weighted by Gasteiger charge is 2.34. The monoisotopic (exact) mass is 226 g/mol. The highest BCUT2D eigenvalue weighted by Crippen LogP contribution is 2.40. The summed E-state index contributed by atoms with van der Waals surface area (Å²) < 4.78 is 5.25. The molecule has 1 aliphatic rings. The van der Waals surface area contributed by atoms with Gasteiger partial charge < -0.3 is 4.74 Å². The molecule has 2 heteroatoms. The molecule has 0 N–H and O–H groups in total. The summed E-state index contributed by atoms with van der Waals surface area (Å²) in [6.45, 7) is 9.44. The predicted molar refractivity (Wildman–Crippen MR) is 66.2 cm³/mol. The number of ether oxygens (including phenoxy) is 1. The Hall–Kier alpha value is -0.530. The maximum Gasteiger partial charge on any atom is 0.308 e. The van der Waals surface area contributed by atoms with Gasteiger partial charge in [0.25, 0.3) is 0 Å². The Morgan fingerprint density at radius 2 is 2.00 bits per heavy atom. The molecule has 94 valence electrons. The molecule has 0 spiro atoms. The van der Waals surface area contributed by atoms with Gasteiger partial charge in [-0.25, -0.2) is 0 Å². The van der Waals surface area contributed by atoms with Gasteiger partial charge in [0, 0.05) is 0 Å². The van der Waals surface area contributed by atoms with E-state index in [1.165, 1.54) is 12.8 Å². The molecule has 0 amide bonds. The Kier molecular flexibility index (Phi) is 4.82. The number of esters is 1. The minimum absolute atomic E-state index is 0.0378. The van der Waals surface area contributed by atoms with Crippen molar-refractivity contribution < 1.29 is 9.53 Å². The first kappa shape index (κ1) is 13.5. The Morgan fingerprint density at radius 1 is 1.31 bits per heavy atom. The fourth-order valence-electron chi connectivity index (χ4n) is 2.51. The van der Waals surface area contributed by atoms with Crippen LogP contribution in [-0.4, -0.2) is 12.6 Å². The summed E-state index contributed by atoms with van der Waals surface area (Å²) in [6.07, 6.45) is 5.40. The summed E-state index contributed by atoms with van der Waals surface area (Å²) in [5.74, 6) is 0.862. The van der Waals surface area contributed by atoms with Gasteiger partial charge in [-0.05, 0) is 37.0 Å². The third-order valence-corrected chi connectivity index (χ3v) is 3.68. The quantitative estimate of drug-likeness (QED) is 0.684. The predicted octanol–water partition coefficient (Wildman–Crippen LogP) is 3.79. The molecule has 1 fully saturated rings. The first-order valence-electron chi connectivity index (χ1n) is 6.61. The molecule has 2 atom stereocenters. The van der Waals surface area contributed by atoms with E-state index in [-0.39, 0.29) is 11.9 Å². The smallest absolute Gasteiger partial charge is 0.308 e. The normalized spacial score (nSPS) is 26.5. The second-order valence-electron chi connectivity index (χ2n) is 6.09. The van der Waals surface area contributed by atoms with E-state index < -0.39 is 0 Å². The van der Waals surface area contributed by atoms with Gasteiger partial charge >= 0.3 is 5.97 Å². The average Bonchev–Trinajstić information content (AvgIpc) is 2.25. The summed E-state index contributed by atoms with van der Waals surface area (Å²) >= 11 is 0. The van der Waals surface area contributed by atoms with E-state index in [1.807, 2.05) is 6.92 Å². The van der Waals surface area contributed by atoms with Crippen molar-refractivity contribution in [1.29, 1.82) is 0 Å². The van der Waals surface area contributed by atoms with Crippen LogP contribution in [0.25, 0.3) is 0 Å². The van der Waals surface area contributed by atoms with Gasteiger partial charge in [-0.15, -0.1) is 0 Å². The van der Waals surface area contributed by atoms with Crippen LogP contribution in [0.15, 0.2) is 0 Å². The van der Waals surface area contributed by atoms with Crippen LogP contribution in [0.4, 0.5) is 0 Å². The molecule has 0 radical (unpaired) electrons. The molecule has 0 saturated heterocycles. The van der Waals surface area contributed by atoms with Gasteiger partial charge in [0.05, 0.1) is 12.5 Å². The van der Waals surface area contributed by atoms with Gasteiger partial charge in [-0.1, -0.05) is 34.1 Å². The molecular weight excluding hydrogens is 200 g/mol. The van der Waals surface area contributed by atoms with Crippen LogP contribution in [0.5, 0.6) is 0 Å². The average molecular weight is 226 g/mol. The van der Waals surface area contributed by atoms with E-state index in [0.717, 1.165) is 19.3 Å². The number of carbonyl (C=O) groups is 1. The fraction of sp³-hybridized carbons (Fsp3) is 0.929. The van der Waals surface area contributed by atoms with Gasteiger partial charge in [0.2, 0.25) is 0 Å². The SMILES string of the molecule is CCCOC(=O)C1CCCC(C(C)(C)C)C1. The first-order valence-corrected chi connectivity index (χ1v) is 6.61. The van der Waals surface area contributed by atoms with E-state index in [9.17, 15) is 4.79 Å². The molecule has 16 heavy (non-hydrogen) atoms. The highest BCUT2D eigenvalue weighted by atomic mass is 16.5. The molecular formula is C14H26O2. The van der Waals surface area contributed by atoms with Crippen LogP contribution >= 0.6 is 0 Å². The third-order valence-electron chi connectivity index (χ3n) is 3.68. The minimum Gasteiger partial charge on any atom is -0.465 e. The lowest BCUT2D eigenvalue weighted by atomic mass is 9.69. The molecule has 1 aliphatic carbocycles. The van der Waals surface area contributed by atoms with Gasteiger partial charge in [0.1, 0.15) is 0 Å². The Labute approximate surface area is 99.8 Å². The highest BCUT2D eigenvalue weighted by molar-refractivity contribution is 5.72. The molecule has 2 unspecified atom stereocenters. The summed E-state index contributed by atoms with van der Waals surface area (Å²) in [6, 6.07) is 0.